The van der Waals surface area contributed by atoms with Crippen molar-refractivity contribution >= 4 is 11.6 Å². The van der Waals surface area contributed by atoms with E-state index in [4.69, 9.17) is 5.11 Å². The molecule has 1 amide bonds. The van der Waals surface area contributed by atoms with Crippen LogP contribution in [-0.2, 0) is 25.9 Å². The minimum absolute atomic E-state index is 0. The Morgan fingerprint density at radius 2 is 1.53 bits per heavy atom. The zero-order valence-electron chi connectivity index (χ0n) is 9.23. The first-order valence-corrected chi connectivity index (χ1v) is 4.51. The number of aliphatic hydroxyl groups is 1. The molecule has 0 aromatic heterocycles. The van der Waals surface area contributed by atoms with E-state index >= 15 is 0 Å². The predicted octanol–water partition coefficient (Wildman–Crippen LogP) is 3.16. The van der Waals surface area contributed by atoms with Crippen LogP contribution in [0.15, 0.2) is 30.3 Å². The van der Waals surface area contributed by atoms with E-state index < -0.39 is 0 Å². The van der Waals surface area contributed by atoms with Crippen LogP contribution in [-0.4, -0.2) is 18.1 Å². The van der Waals surface area contributed by atoms with Crippen molar-refractivity contribution in [2.45, 2.75) is 28.7 Å². The number of aliphatic hydroxyl groups excluding tert-OH is 1. The van der Waals surface area contributed by atoms with Crippen LogP contribution in [0.25, 0.3) is 0 Å². The quantitative estimate of drug-likeness (QED) is 0.786. The van der Waals surface area contributed by atoms with E-state index in [0.29, 0.717) is 0 Å². The van der Waals surface area contributed by atoms with Crippen molar-refractivity contribution in [3.8, 4) is 0 Å². The van der Waals surface area contributed by atoms with Crippen LogP contribution < -0.4 is 5.32 Å². The molecule has 2 N–H and O–H groups in total. The summed E-state index contributed by atoms with van der Waals surface area (Å²) in [6.07, 6.45) is 0. The van der Waals surface area contributed by atoms with Crippen molar-refractivity contribution in [1.29, 1.82) is 0 Å². The molecule has 17 heavy (non-hydrogen) atoms. The Balaban J connectivity index is -0.000000160. The van der Waals surface area contributed by atoms with E-state index in [1.807, 2.05) is 44.2 Å². The van der Waals surface area contributed by atoms with Crippen molar-refractivity contribution in [1.82, 2.24) is 0 Å². The smallest absolute Gasteiger partial charge is 0.226 e. The van der Waals surface area contributed by atoms with Gasteiger partial charge in [0.2, 0.25) is 5.91 Å². The average molecular weight is 411 g/mol. The summed E-state index contributed by atoms with van der Waals surface area (Å²) in [7, 11) is 1.00. The third kappa shape index (κ3) is 11.6. The van der Waals surface area contributed by atoms with Gasteiger partial charge in [0, 0.05) is 39.8 Å². The molecule has 0 bridgehead atoms. The summed E-state index contributed by atoms with van der Waals surface area (Å²) in [4.78, 5) is 11.2. The van der Waals surface area contributed by atoms with Gasteiger partial charge < -0.3 is 10.4 Å². The molecule has 0 saturated carbocycles. The summed E-state index contributed by atoms with van der Waals surface area (Å²) in [6, 6.07) is 9.47. The summed E-state index contributed by atoms with van der Waals surface area (Å²) in [5.74, 6) is 0.0893. The summed E-state index contributed by atoms with van der Waals surface area (Å²) >= 11 is 0. The first-order valence-electron chi connectivity index (χ1n) is 4.51. The minimum atomic E-state index is 0. The number of carbonyl (C=O) groups is 1. The molecule has 0 aliphatic heterocycles. The molecule has 1 aromatic carbocycles. The fraction of sp³-hybridized carbons (Fsp3) is 0.462. The van der Waals surface area contributed by atoms with E-state index in [9.17, 15) is 4.79 Å². The maximum atomic E-state index is 11.2. The van der Waals surface area contributed by atoms with E-state index in [1.54, 1.807) is 0 Å². The van der Waals surface area contributed by atoms with E-state index in [2.05, 4.69) is 5.32 Å². The van der Waals surface area contributed by atoms with E-state index in [0.717, 1.165) is 12.8 Å². The number of para-hydroxylation sites is 1. The number of anilines is 1. The van der Waals surface area contributed by atoms with Crippen molar-refractivity contribution in [2.75, 3.05) is 12.4 Å². The number of hydrogen-bond acceptors (Lipinski definition) is 2. The third-order valence-corrected chi connectivity index (χ3v) is 1.57. The maximum absolute atomic E-state index is 11.2. The molecule has 0 heterocycles. The number of benzene rings is 1. The standard InChI is InChI=1S/C10H13NO.CH4O.2CH4.W/c1-8(2)10(12)11-9-6-4-3-5-7-9;1-2;;;/h3-8H,1-2H3,(H,11,12);2H,1H3;2*1H4;. The van der Waals surface area contributed by atoms with Gasteiger partial charge in [0.25, 0.3) is 0 Å². The molecular formula is C13H25NO2W. The van der Waals surface area contributed by atoms with Gasteiger partial charge in [-0.2, -0.15) is 0 Å². The van der Waals surface area contributed by atoms with Crippen molar-refractivity contribution < 1.29 is 31.0 Å². The number of carbonyl (C=O) groups excluding carboxylic acids is 1. The molecule has 1 aromatic rings. The van der Waals surface area contributed by atoms with E-state index in [1.165, 1.54) is 0 Å². The average Bonchev–Trinajstić information content (AvgIpc) is 2.22. The molecule has 0 saturated heterocycles. The fourth-order valence-corrected chi connectivity index (χ4v) is 0.808. The Morgan fingerprint density at radius 3 is 1.88 bits per heavy atom. The topological polar surface area (TPSA) is 49.3 Å². The summed E-state index contributed by atoms with van der Waals surface area (Å²) in [6.45, 7) is 3.75. The van der Waals surface area contributed by atoms with Crippen LogP contribution in [0.1, 0.15) is 28.7 Å². The van der Waals surface area contributed by atoms with Crippen molar-refractivity contribution in [2.24, 2.45) is 5.92 Å². The fourth-order valence-electron chi connectivity index (χ4n) is 0.808. The molecule has 0 fully saturated rings. The molecule has 4 heteroatoms. The Labute approximate surface area is 120 Å². The predicted molar refractivity (Wildman–Crippen MR) is 71.5 cm³/mol. The SMILES string of the molecule is C.C.CC(C)C(=O)Nc1ccccc1.CO.[W]. The molecule has 0 unspecified atom stereocenters. The Kier molecular flexibility index (Phi) is 22.8. The van der Waals surface area contributed by atoms with Gasteiger partial charge in [-0.05, 0) is 12.1 Å². The van der Waals surface area contributed by atoms with Crippen molar-refractivity contribution in [3.63, 3.8) is 0 Å². The Bertz CT molecular complexity index is 263. The number of amides is 1. The van der Waals surface area contributed by atoms with Crippen LogP contribution in [0.2, 0.25) is 0 Å². The van der Waals surface area contributed by atoms with Gasteiger partial charge in [0.15, 0.2) is 0 Å². The second-order valence-corrected chi connectivity index (χ2v) is 3.01. The maximum Gasteiger partial charge on any atom is 0.226 e. The molecular weight excluding hydrogens is 386 g/mol. The minimum Gasteiger partial charge on any atom is -0.400 e. The first kappa shape index (κ1) is 25.2. The first-order chi connectivity index (χ1) is 6.70. The molecule has 1 rings (SSSR count). The monoisotopic (exact) mass is 411 g/mol. The number of rotatable bonds is 2. The van der Waals surface area contributed by atoms with Gasteiger partial charge in [-0.1, -0.05) is 46.9 Å². The van der Waals surface area contributed by atoms with Gasteiger partial charge in [0.05, 0.1) is 0 Å². The number of nitrogens with one attached hydrogen (secondary N) is 1. The van der Waals surface area contributed by atoms with E-state index in [-0.39, 0.29) is 47.7 Å². The summed E-state index contributed by atoms with van der Waals surface area (Å²) in [5.41, 5.74) is 0.858. The van der Waals surface area contributed by atoms with Gasteiger partial charge in [-0.15, -0.1) is 0 Å². The van der Waals surface area contributed by atoms with Gasteiger partial charge in [-0.3, -0.25) is 4.79 Å². The van der Waals surface area contributed by atoms with Gasteiger partial charge >= 0.3 is 0 Å². The molecule has 0 atom stereocenters. The van der Waals surface area contributed by atoms with Gasteiger partial charge in [-0.25, -0.2) is 0 Å². The van der Waals surface area contributed by atoms with Crippen LogP contribution in [0, 0.1) is 5.92 Å². The van der Waals surface area contributed by atoms with Crippen LogP contribution in [0.5, 0.6) is 0 Å². The molecule has 0 aliphatic carbocycles. The Hall–Kier alpha value is -0.662. The zero-order chi connectivity index (χ0) is 11.0. The molecule has 0 aliphatic rings. The normalized spacial score (nSPS) is 7.35. The zero-order valence-corrected chi connectivity index (χ0v) is 12.2. The van der Waals surface area contributed by atoms with Crippen LogP contribution in [0.4, 0.5) is 5.69 Å². The molecule has 0 spiro atoms. The molecule has 100 valence electrons. The number of hydrogen-bond donors (Lipinski definition) is 2. The Morgan fingerprint density at radius 1 is 1.12 bits per heavy atom. The summed E-state index contributed by atoms with van der Waals surface area (Å²) < 4.78 is 0. The summed E-state index contributed by atoms with van der Waals surface area (Å²) in [5, 5.41) is 9.80. The molecule has 3 nitrogen and oxygen atoms in total. The third-order valence-electron chi connectivity index (χ3n) is 1.57. The molecule has 0 radical (unpaired) electrons. The van der Waals surface area contributed by atoms with Gasteiger partial charge in [0.1, 0.15) is 0 Å². The van der Waals surface area contributed by atoms with Crippen LogP contribution >= 0.6 is 0 Å². The second-order valence-electron chi connectivity index (χ2n) is 3.01. The largest absolute Gasteiger partial charge is 0.400 e. The van der Waals surface area contributed by atoms with Crippen LogP contribution in [0.3, 0.4) is 0 Å². The van der Waals surface area contributed by atoms with Crippen molar-refractivity contribution in [3.05, 3.63) is 30.3 Å². The second kappa shape index (κ2) is 15.3.